The summed E-state index contributed by atoms with van der Waals surface area (Å²) in [6, 6.07) is 13.3. The van der Waals surface area contributed by atoms with E-state index in [1.165, 1.54) is 18.2 Å². The smallest absolute Gasteiger partial charge is 0.288 e. The Kier molecular flexibility index (Phi) is 4.90. The van der Waals surface area contributed by atoms with E-state index in [-0.39, 0.29) is 29.5 Å². The molecule has 108 valence electrons. The number of halogens is 1. The molecule has 0 N–H and O–H groups in total. The molecule has 5 nitrogen and oxygen atoms in total. The molecule has 0 bridgehead atoms. The third kappa shape index (κ3) is 4.29. The van der Waals surface area contributed by atoms with Gasteiger partial charge in [0.05, 0.1) is 4.92 Å². The van der Waals surface area contributed by atoms with Crippen LogP contribution in [0.2, 0.25) is 5.02 Å². The predicted octanol–water partition coefficient (Wildman–Crippen LogP) is 3.44. The van der Waals surface area contributed by atoms with E-state index in [1.54, 1.807) is 0 Å². The van der Waals surface area contributed by atoms with Crippen LogP contribution in [0.5, 0.6) is 5.75 Å². The van der Waals surface area contributed by atoms with E-state index in [4.69, 9.17) is 16.3 Å². The summed E-state index contributed by atoms with van der Waals surface area (Å²) in [6.07, 6.45) is 0.279. The molecule has 2 aromatic carbocycles. The van der Waals surface area contributed by atoms with Crippen molar-refractivity contribution < 1.29 is 14.5 Å². The number of nitro benzene ring substituents is 1. The molecule has 0 radical (unpaired) electrons. The van der Waals surface area contributed by atoms with Gasteiger partial charge in [0.25, 0.3) is 5.69 Å². The molecule has 2 rings (SSSR count). The predicted molar refractivity (Wildman–Crippen MR) is 78.8 cm³/mol. The van der Waals surface area contributed by atoms with Gasteiger partial charge in [-0.05, 0) is 11.6 Å². The van der Waals surface area contributed by atoms with Crippen LogP contribution in [-0.4, -0.2) is 17.3 Å². The quantitative estimate of drug-likeness (QED) is 0.605. The molecule has 0 fully saturated rings. The highest BCUT2D eigenvalue weighted by atomic mass is 35.5. The Bertz CT molecular complexity index is 658. The van der Waals surface area contributed by atoms with E-state index in [9.17, 15) is 14.9 Å². The number of nitrogens with zero attached hydrogens (tertiary/aromatic N) is 1. The van der Waals surface area contributed by atoms with Gasteiger partial charge >= 0.3 is 0 Å². The van der Waals surface area contributed by atoms with E-state index >= 15 is 0 Å². The van der Waals surface area contributed by atoms with Crippen molar-refractivity contribution in [3.8, 4) is 5.75 Å². The Morgan fingerprint density at radius 2 is 1.90 bits per heavy atom. The minimum atomic E-state index is -0.577. The monoisotopic (exact) mass is 305 g/mol. The lowest BCUT2D eigenvalue weighted by molar-refractivity contribution is -0.384. The van der Waals surface area contributed by atoms with Crippen molar-refractivity contribution in [1.82, 2.24) is 0 Å². The summed E-state index contributed by atoms with van der Waals surface area (Å²) in [4.78, 5) is 21.8. The van der Waals surface area contributed by atoms with Crippen LogP contribution in [-0.2, 0) is 11.2 Å². The number of nitro groups is 1. The van der Waals surface area contributed by atoms with Gasteiger partial charge in [-0.25, -0.2) is 0 Å². The van der Waals surface area contributed by atoms with Gasteiger partial charge in [0.1, 0.15) is 17.4 Å². The Balaban J connectivity index is 1.92. The van der Waals surface area contributed by atoms with Crippen molar-refractivity contribution in [2.75, 3.05) is 6.61 Å². The van der Waals surface area contributed by atoms with Gasteiger partial charge in [0, 0.05) is 18.6 Å². The van der Waals surface area contributed by atoms with Crippen molar-refractivity contribution in [1.29, 1.82) is 0 Å². The van der Waals surface area contributed by atoms with Gasteiger partial charge in [0.15, 0.2) is 5.78 Å². The molecule has 0 atom stereocenters. The summed E-state index contributed by atoms with van der Waals surface area (Å²) >= 11 is 5.76. The van der Waals surface area contributed by atoms with E-state index in [0.717, 1.165) is 5.56 Å². The minimum absolute atomic E-state index is 0.0204. The van der Waals surface area contributed by atoms with Crippen LogP contribution in [0.15, 0.2) is 48.5 Å². The molecule has 0 aromatic heterocycles. The van der Waals surface area contributed by atoms with E-state index in [2.05, 4.69) is 0 Å². The fourth-order valence-electron chi connectivity index (χ4n) is 1.76. The number of rotatable bonds is 6. The highest BCUT2D eigenvalue weighted by Crippen LogP contribution is 2.28. The molecule has 0 saturated carbocycles. The number of carbonyl (C=O) groups is 1. The van der Waals surface area contributed by atoms with Crippen molar-refractivity contribution in [3.63, 3.8) is 0 Å². The lowest BCUT2D eigenvalue weighted by Gasteiger charge is -2.06. The van der Waals surface area contributed by atoms with Crippen molar-refractivity contribution in [3.05, 3.63) is 69.2 Å². The summed E-state index contributed by atoms with van der Waals surface area (Å²) in [5.41, 5.74) is 0.715. The zero-order chi connectivity index (χ0) is 15.2. The first-order valence-electron chi connectivity index (χ1n) is 6.18. The second-order valence-corrected chi connectivity index (χ2v) is 4.77. The maximum Gasteiger partial charge on any atom is 0.288 e. The number of benzene rings is 2. The Labute approximate surface area is 126 Å². The highest BCUT2D eigenvalue weighted by molar-refractivity contribution is 6.32. The number of ether oxygens (including phenoxy) is 1. The SMILES string of the molecule is O=C(COc1ccc([N+](=O)[O-])c(Cl)c1)Cc1ccccc1. The number of Topliss-reactive ketones (excluding diaryl/α,β-unsaturated/α-hetero) is 1. The molecule has 21 heavy (non-hydrogen) atoms. The van der Waals surface area contributed by atoms with Crippen LogP contribution in [0, 0.1) is 10.1 Å². The normalized spacial score (nSPS) is 10.1. The molecule has 0 saturated heterocycles. The average Bonchev–Trinajstić information content (AvgIpc) is 2.46. The van der Waals surface area contributed by atoms with Gasteiger partial charge < -0.3 is 4.74 Å². The molecule has 6 heteroatoms. The number of carbonyl (C=O) groups excluding carboxylic acids is 1. The van der Waals surface area contributed by atoms with E-state index < -0.39 is 4.92 Å². The van der Waals surface area contributed by atoms with Gasteiger partial charge in [-0.15, -0.1) is 0 Å². The van der Waals surface area contributed by atoms with Crippen LogP contribution in [0.4, 0.5) is 5.69 Å². The molecule has 0 heterocycles. The fraction of sp³-hybridized carbons (Fsp3) is 0.133. The first kappa shape index (κ1) is 15.0. The lowest BCUT2D eigenvalue weighted by Crippen LogP contribution is -2.13. The van der Waals surface area contributed by atoms with Crippen LogP contribution >= 0.6 is 11.6 Å². The zero-order valence-electron chi connectivity index (χ0n) is 11.0. The average molecular weight is 306 g/mol. The third-order valence-corrected chi connectivity index (χ3v) is 3.06. The largest absolute Gasteiger partial charge is 0.486 e. The Morgan fingerprint density at radius 1 is 1.19 bits per heavy atom. The standard InChI is InChI=1S/C15H12ClNO4/c16-14-9-13(6-7-15(14)17(19)20)21-10-12(18)8-11-4-2-1-3-5-11/h1-7,9H,8,10H2. The van der Waals surface area contributed by atoms with Crippen molar-refractivity contribution in [2.24, 2.45) is 0 Å². The third-order valence-electron chi connectivity index (χ3n) is 2.76. The topological polar surface area (TPSA) is 69.4 Å². The maximum atomic E-state index is 11.8. The summed E-state index contributed by atoms with van der Waals surface area (Å²) in [6.45, 7) is -0.108. The Hall–Kier alpha value is -2.40. The molecule has 0 aliphatic rings. The molecule has 2 aromatic rings. The number of hydrogen-bond acceptors (Lipinski definition) is 4. The summed E-state index contributed by atoms with van der Waals surface area (Å²) in [5.74, 6) is 0.239. The molecular formula is C15H12ClNO4. The summed E-state index contributed by atoms with van der Waals surface area (Å²) in [5, 5.41) is 10.6. The Morgan fingerprint density at radius 3 is 2.52 bits per heavy atom. The minimum Gasteiger partial charge on any atom is -0.486 e. The van der Waals surface area contributed by atoms with Gasteiger partial charge in [-0.1, -0.05) is 41.9 Å². The van der Waals surface area contributed by atoms with Crippen LogP contribution in [0.25, 0.3) is 0 Å². The molecule has 0 amide bonds. The lowest BCUT2D eigenvalue weighted by atomic mass is 10.1. The van der Waals surface area contributed by atoms with Gasteiger partial charge in [-0.3, -0.25) is 14.9 Å². The van der Waals surface area contributed by atoms with Crippen molar-refractivity contribution >= 4 is 23.1 Å². The van der Waals surface area contributed by atoms with Crippen LogP contribution in [0.1, 0.15) is 5.56 Å². The van der Waals surface area contributed by atoms with Crippen molar-refractivity contribution in [2.45, 2.75) is 6.42 Å². The number of hydrogen-bond donors (Lipinski definition) is 0. The number of ketones is 1. The zero-order valence-corrected chi connectivity index (χ0v) is 11.7. The first-order chi connectivity index (χ1) is 10.1. The molecular weight excluding hydrogens is 294 g/mol. The van der Waals surface area contributed by atoms with Gasteiger partial charge in [0.2, 0.25) is 0 Å². The highest BCUT2D eigenvalue weighted by Gasteiger charge is 2.13. The maximum absolute atomic E-state index is 11.8. The summed E-state index contributed by atoms with van der Waals surface area (Å²) < 4.78 is 5.30. The molecule has 0 aliphatic carbocycles. The van der Waals surface area contributed by atoms with Crippen LogP contribution in [0.3, 0.4) is 0 Å². The molecule has 0 spiro atoms. The van der Waals surface area contributed by atoms with Gasteiger partial charge in [-0.2, -0.15) is 0 Å². The second-order valence-electron chi connectivity index (χ2n) is 4.36. The van der Waals surface area contributed by atoms with E-state index in [1.807, 2.05) is 30.3 Å². The first-order valence-corrected chi connectivity index (χ1v) is 6.56. The second kappa shape index (κ2) is 6.85. The summed E-state index contributed by atoms with van der Waals surface area (Å²) in [7, 11) is 0. The van der Waals surface area contributed by atoms with E-state index in [0.29, 0.717) is 5.75 Å². The van der Waals surface area contributed by atoms with Crippen LogP contribution < -0.4 is 4.74 Å². The molecule has 0 aliphatic heterocycles. The molecule has 0 unspecified atom stereocenters. The fourth-order valence-corrected chi connectivity index (χ4v) is 2.00.